The van der Waals surface area contributed by atoms with Gasteiger partial charge in [-0.1, -0.05) is 11.6 Å². The highest BCUT2D eigenvalue weighted by molar-refractivity contribution is 6.33. The average Bonchev–Trinajstić information content (AvgIpc) is 3.68. The zero-order valence-corrected chi connectivity index (χ0v) is 26.1. The number of aromatic amines is 1. The third-order valence-corrected chi connectivity index (χ3v) is 10.0. The van der Waals surface area contributed by atoms with E-state index < -0.39 is 35.6 Å². The molecular weight excluding hydrogens is 641 g/mol. The number of ether oxygens (including phenoxy) is 4. The van der Waals surface area contributed by atoms with Gasteiger partial charge in [-0.3, -0.25) is 10.00 Å². The monoisotopic (exact) mass is 672 g/mol. The number of halogens is 4. The van der Waals surface area contributed by atoms with E-state index in [4.69, 9.17) is 30.5 Å². The summed E-state index contributed by atoms with van der Waals surface area (Å²) in [6.07, 6.45) is 1.45. The van der Waals surface area contributed by atoms with E-state index in [1.54, 1.807) is 11.0 Å². The van der Waals surface area contributed by atoms with Crippen molar-refractivity contribution in [3.63, 3.8) is 0 Å². The van der Waals surface area contributed by atoms with Crippen molar-refractivity contribution in [2.24, 2.45) is 0 Å². The minimum absolute atomic E-state index is 0.00968. The molecule has 6 bridgehead atoms. The summed E-state index contributed by atoms with van der Waals surface area (Å²) in [6.45, 7) is 1.94. The topological polar surface area (TPSA) is 115 Å². The van der Waals surface area contributed by atoms with Crippen LogP contribution in [0.25, 0.3) is 32.9 Å². The van der Waals surface area contributed by atoms with Gasteiger partial charge in [0.25, 0.3) is 0 Å². The van der Waals surface area contributed by atoms with Gasteiger partial charge in [0, 0.05) is 40.9 Å². The first-order valence-corrected chi connectivity index (χ1v) is 16.2. The van der Waals surface area contributed by atoms with E-state index in [9.17, 15) is 9.18 Å². The molecule has 0 saturated carbocycles. The Morgan fingerprint density at radius 3 is 2.89 bits per heavy atom. The van der Waals surface area contributed by atoms with Crippen molar-refractivity contribution in [1.29, 1.82) is 0 Å². The number of nitrogens with zero attached hydrogens (tertiary/aromatic N) is 5. The minimum Gasteiger partial charge on any atom is -0.461 e. The lowest BCUT2D eigenvalue weighted by molar-refractivity contribution is -0.00448. The zero-order valence-electron chi connectivity index (χ0n) is 25.4. The number of carbonyl (C=O) groups is 1. The minimum atomic E-state index is -0.964. The molecule has 7 heterocycles. The van der Waals surface area contributed by atoms with Crippen molar-refractivity contribution in [2.75, 3.05) is 57.5 Å². The second kappa shape index (κ2) is 12.0. The van der Waals surface area contributed by atoms with Crippen molar-refractivity contribution in [3.05, 3.63) is 40.6 Å². The van der Waals surface area contributed by atoms with Crippen LogP contribution >= 0.6 is 11.6 Å². The fraction of sp³-hybridized carbons (Fsp3) is 0.500. The smallest absolute Gasteiger partial charge is 0.461 e. The number of H-pyrrole nitrogens is 1. The molecule has 2 aromatic carbocycles. The molecule has 47 heavy (non-hydrogen) atoms. The molecule has 3 atom stereocenters. The highest BCUT2D eigenvalue weighted by atomic mass is 35.5. The summed E-state index contributed by atoms with van der Waals surface area (Å²) in [5, 5.41) is 7.76. The summed E-state index contributed by atoms with van der Waals surface area (Å²) in [5.74, 6) is -1.57. The zero-order chi connectivity index (χ0) is 32.3. The van der Waals surface area contributed by atoms with Crippen LogP contribution in [0, 0.1) is 11.6 Å². The standard InChI is InChI=1S/C32H32ClF3N6O5/c33-22-10-24-21(12-37-40-24)25-19(22)3-1-7-45-31(43)47-18-14-41(6-8-44-15-18)29-20-9-23(35)26(25)27(36)28(20)38-30(39-29)46-16-32-4-2-5-42(32)13-17(34)11-32/h9-10,12,17-18H,1-8,11,13-16H2,(H,37,40)/t17-,18+,32+/m1/s1. The number of fused-ring (bicyclic) bond motifs is 8. The Bertz CT molecular complexity index is 1880. The number of hydrogen-bond donors (Lipinski definition) is 1. The first kappa shape index (κ1) is 30.5. The van der Waals surface area contributed by atoms with Gasteiger partial charge in [-0.25, -0.2) is 18.0 Å². The van der Waals surface area contributed by atoms with Crippen molar-refractivity contribution in [1.82, 2.24) is 25.1 Å². The molecule has 2 aromatic heterocycles. The fourth-order valence-corrected chi connectivity index (χ4v) is 7.89. The number of carbonyl (C=O) groups excluding carboxylic acids is 1. The molecule has 0 spiro atoms. The lowest BCUT2D eigenvalue weighted by Gasteiger charge is -2.31. The molecule has 11 nitrogen and oxygen atoms in total. The molecule has 3 saturated heterocycles. The number of alkyl halides is 1. The van der Waals surface area contributed by atoms with Crippen molar-refractivity contribution >= 4 is 45.4 Å². The lowest BCUT2D eigenvalue weighted by Crippen LogP contribution is -2.43. The molecule has 0 aliphatic carbocycles. The van der Waals surface area contributed by atoms with Crippen LogP contribution < -0.4 is 9.64 Å². The highest BCUT2D eigenvalue weighted by Crippen LogP contribution is 2.44. The molecule has 5 aliphatic rings. The van der Waals surface area contributed by atoms with E-state index in [-0.39, 0.29) is 84.8 Å². The van der Waals surface area contributed by atoms with Gasteiger partial charge in [0.15, 0.2) is 5.82 Å². The van der Waals surface area contributed by atoms with Crippen molar-refractivity contribution in [3.8, 4) is 17.1 Å². The Morgan fingerprint density at radius 1 is 1.11 bits per heavy atom. The third kappa shape index (κ3) is 5.39. The Kier molecular flexibility index (Phi) is 7.76. The number of benzene rings is 2. The van der Waals surface area contributed by atoms with Crippen LogP contribution in [0.5, 0.6) is 6.01 Å². The van der Waals surface area contributed by atoms with E-state index in [1.165, 1.54) is 12.3 Å². The predicted molar refractivity (Wildman–Crippen MR) is 166 cm³/mol. The number of rotatable bonds is 3. The van der Waals surface area contributed by atoms with E-state index in [0.717, 1.165) is 19.4 Å². The Morgan fingerprint density at radius 2 is 2.00 bits per heavy atom. The summed E-state index contributed by atoms with van der Waals surface area (Å²) >= 11 is 6.71. The van der Waals surface area contributed by atoms with Crippen LogP contribution in [-0.4, -0.2) is 102 Å². The normalized spacial score (nSPS) is 25.2. The van der Waals surface area contributed by atoms with Crippen LogP contribution in [0.4, 0.5) is 23.8 Å². The molecule has 4 aromatic rings. The van der Waals surface area contributed by atoms with Crippen LogP contribution in [-0.2, 0) is 20.6 Å². The molecule has 3 fully saturated rings. The fourth-order valence-electron chi connectivity index (χ4n) is 7.59. The first-order chi connectivity index (χ1) is 22.8. The second-order valence-electron chi connectivity index (χ2n) is 12.6. The van der Waals surface area contributed by atoms with Crippen LogP contribution in [0.15, 0.2) is 18.3 Å². The van der Waals surface area contributed by atoms with E-state index >= 15 is 8.78 Å². The molecule has 0 amide bonds. The van der Waals surface area contributed by atoms with Crippen LogP contribution in [0.2, 0.25) is 5.02 Å². The molecule has 0 unspecified atom stereocenters. The SMILES string of the molecule is O=C1OCCCc2c(Cl)cc3[nH]ncc3c2-c2c(F)cc3c(nc(OC[C@@]45CCCN4C[C@H](F)C5)nc3c2F)N2CCOC[C@H](C2)O1. The maximum absolute atomic E-state index is 17.0. The summed E-state index contributed by atoms with van der Waals surface area (Å²) in [7, 11) is 0. The number of aromatic nitrogens is 4. The third-order valence-electron chi connectivity index (χ3n) is 9.71. The largest absolute Gasteiger partial charge is 0.508 e. The van der Waals surface area contributed by atoms with Crippen LogP contribution in [0.3, 0.4) is 0 Å². The summed E-state index contributed by atoms with van der Waals surface area (Å²) in [4.78, 5) is 25.7. The number of nitrogens with one attached hydrogen (secondary N) is 1. The van der Waals surface area contributed by atoms with Crippen molar-refractivity contribution < 1.29 is 36.9 Å². The van der Waals surface area contributed by atoms with Gasteiger partial charge in [-0.05, 0) is 49.9 Å². The molecule has 9 rings (SSSR count). The summed E-state index contributed by atoms with van der Waals surface area (Å²) < 4.78 is 70.8. The lowest BCUT2D eigenvalue weighted by atomic mass is 9.92. The quantitative estimate of drug-likeness (QED) is 0.285. The number of hydrogen-bond acceptors (Lipinski definition) is 10. The molecule has 5 aliphatic heterocycles. The average molecular weight is 673 g/mol. The molecule has 15 heteroatoms. The van der Waals surface area contributed by atoms with Crippen LogP contribution in [0.1, 0.15) is 31.2 Å². The first-order valence-electron chi connectivity index (χ1n) is 15.8. The Balaban J connectivity index is 1.32. The predicted octanol–water partition coefficient (Wildman–Crippen LogP) is 5.36. The Hall–Kier alpha value is -3.88. The summed E-state index contributed by atoms with van der Waals surface area (Å²) in [5.41, 5.74) is 0.191. The summed E-state index contributed by atoms with van der Waals surface area (Å²) in [6, 6.07) is 2.73. The molecule has 0 radical (unpaired) electrons. The van der Waals surface area contributed by atoms with E-state index in [1.807, 2.05) is 0 Å². The number of anilines is 1. The van der Waals surface area contributed by atoms with E-state index in [2.05, 4.69) is 25.1 Å². The highest BCUT2D eigenvalue weighted by Gasteiger charge is 2.49. The maximum Gasteiger partial charge on any atom is 0.508 e. The van der Waals surface area contributed by atoms with Gasteiger partial charge in [0.05, 0.1) is 49.2 Å². The molecule has 1 N–H and O–H groups in total. The maximum atomic E-state index is 17.0. The van der Waals surface area contributed by atoms with Gasteiger partial charge >= 0.3 is 12.2 Å². The second-order valence-corrected chi connectivity index (χ2v) is 13.1. The van der Waals surface area contributed by atoms with E-state index in [0.29, 0.717) is 35.9 Å². The van der Waals surface area contributed by atoms with Gasteiger partial charge in [-0.2, -0.15) is 15.1 Å². The van der Waals surface area contributed by atoms with Gasteiger partial charge in [-0.15, -0.1) is 0 Å². The van der Waals surface area contributed by atoms with Gasteiger partial charge in [0.1, 0.15) is 36.0 Å². The Labute approximate surface area is 272 Å². The van der Waals surface area contributed by atoms with Crippen molar-refractivity contribution in [2.45, 2.75) is 49.9 Å². The molecule has 248 valence electrons. The molecular formula is C32H32ClF3N6O5. The van der Waals surface area contributed by atoms with Gasteiger partial charge in [0.2, 0.25) is 0 Å². The van der Waals surface area contributed by atoms with Gasteiger partial charge < -0.3 is 23.8 Å².